The molecule has 150 valence electrons. The third kappa shape index (κ3) is 6.26. The number of benzene rings is 1. The summed E-state index contributed by atoms with van der Waals surface area (Å²) in [4.78, 5) is 15.2. The van der Waals surface area contributed by atoms with E-state index in [0.29, 0.717) is 18.3 Å². The minimum Gasteiger partial charge on any atom is -0.490 e. The Bertz CT molecular complexity index is 748. The third-order valence-corrected chi connectivity index (χ3v) is 4.40. The first-order chi connectivity index (χ1) is 12.7. The Balaban J connectivity index is 1.98. The lowest BCUT2D eigenvalue weighted by Crippen LogP contribution is -2.36. The van der Waals surface area contributed by atoms with Gasteiger partial charge >= 0.3 is 5.97 Å². The molecule has 0 spiro atoms. The molecule has 2 unspecified atom stereocenters. The molecule has 1 aromatic heterocycles. The van der Waals surface area contributed by atoms with E-state index in [1.165, 1.54) is 0 Å². The van der Waals surface area contributed by atoms with Crippen molar-refractivity contribution in [3.63, 3.8) is 0 Å². The van der Waals surface area contributed by atoms with Crippen LogP contribution in [0.5, 0.6) is 5.75 Å². The van der Waals surface area contributed by atoms with Crippen LogP contribution in [0.1, 0.15) is 46.7 Å². The minimum absolute atomic E-state index is 0.186. The van der Waals surface area contributed by atoms with Gasteiger partial charge in [-0.2, -0.15) is 0 Å². The summed E-state index contributed by atoms with van der Waals surface area (Å²) in [6, 6.07) is 7.99. The van der Waals surface area contributed by atoms with Crippen LogP contribution in [0, 0.1) is 5.41 Å². The summed E-state index contributed by atoms with van der Waals surface area (Å²) in [7, 11) is 0. The number of nitrogens with one attached hydrogen (secondary N) is 2. The maximum Gasteiger partial charge on any atom is 0.311 e. The van der Waals surface area contributed by atoms with Gasteiger partial charge in [0, 0.05) is 23.5 Å². The average Bonchev–Trinajstić information content (AvgIpc) is 3.05. The smallest absolute Gasteiger partial charge is 0.311 e. The summed E-state index contributed by atoms with van der Waals surface area (Å²) in [5.74, 6) is 0.453. The lowest BCUT2D eigenvalue weighted by atomic mass is 9.97. The van der Waals surface area contributed by atoms with Gasteiger partial charge in [-0.3, -0.25) is 4.79 Å². The van der Waals surface area contributed by atoms with Crippen molar-refractivity contribution < 1.29 is 19.4 Å². The predicted molar refractivity (Wildman–Crippen MR) is 107 cm³/mol. The van der Waals surface area contributed by atoms with Gasteiger partial charge in [0.05, 0.1) is 11.1 Å². The average molecular weight is 376 g/mol. The lowest BCUT2D eigenvalue weighted by Gasteiger charge is -2.16. The number of rotatable bonds is 9. The second-order valence-electron chi connectivity index (χ2n) is 8.02. The standard InChI is InChI=1S/C21H32N2O4/c1-6-14(2)22-11-16(24)13-26-19-9-7-8-18-17(19)10-15(23-18)12-27-20(25)21(3,4)5/h7-10,14,16,22-24H,6,11-13H2,1-5H3. The summed E-state index contributed by atoms with van der Waals surface area (Å²) >= 11 is 0. The molecule has 1 heterocycles. The van der Waals surface area contributed by atoms with E-state index in [1.807, 2.05) is 45.0 Å². The number of ether oxygens (including phenoxy) is 2. The van der Waals surface area contributed by atoms with Gasteiger partial charge in [-0.15, -0.1) is 0 Å². The number of aliphatic hydroxyl groups excluding tert-OH is 1. The fourth-order valence-corrected chi connectivity index (χ4v) is 2.48. The monoisotopic (exact) mass is 376 g/mol. The maximum absolute atomic E-state index is 11.9. The fraction of sp³-hybridized carbons (Fsp3) is 0.571. The molecule has 0 aliphatic carbocycles. The number of carbonyl (C=O) groups is 1. The summed E-state index contributed by atoms with van der Waals surface area (Å²) in [6.07, 6.45) is 0.430. The van der Waals surface area contributed by atoms with Crippen LogP contribution in [0.4, 0.5) is 0 Å². The molecule has 3 N–H and O–H groups in total. The van der Waals surface area contributed by atoms with Crippen molar-refractivity contribution in [2.24, 2.45) is 5.41 Å². The number of aromatic amines is 1. The number of hydrogen-bond acceptors (Lipinski definition) is 5. The van der Waals surface area contributed by atoms with Gasteiger partial charge < -0.3 is 24.9 Å². The molecule has 0 saturated carbocycles. The lowest BCUT2D eigenvalue weighted by molar-refractivity contribution is -0.154. The van der Waals surface area contributed by atoms with Gasteiger partial charge in [0.25, 0.3) is 0 Å². The molecule has 0 aliphatic rings. The van der Waals surface area contributed by atoms with Crippen LogP contribution < -0.4 is 10.1 Å². The minimum atomic E-state index is -0.583. The summed E-state index contributed by atoms with van der Waals surface area (Å²) in [5.41, 5.74) is 1.18. The molecule has 0 bridgehead atoms. The first-order valence-corrected chi connectivity index (χ1v) is 9.52. The zero-order valence-corrected chi connectivity index (χ0v) is 17.0. The molecule has 0 radical (unpaired) electrons. The van der Waals surface area contributed by atoms with E-state index >= 15 is 0 Å². The van der Waals surface area contributed by atoms with Crippen LogP contribution in [0.15, 0.2) is 24.3 Å². The molecule has 2 aromatic rings. The van der Waals surface area contributed by atoms with Gasteiger partial charge in [0.15, 0.2) is 0 Å². The number of H-pyrrole nitrogens is 1. The maximum atomic E-state index is 11.9. The Hall–Kier alpha value is -2.05. The van der Waals surface area contributed by atoms with Crippen LogP contribution in [0.2, 0.25) is 0 Å². The van der Waals surface area contributed by atoms with Gasteiger partial charge in [0.1, 0.15) is 25.1 Å². The highest BCUT2D eigenvalue weighted by atomic mass is 16.5. The van der Waals surface area contributed by atoms with Crippen molar-refractivity contribution in [2.75, 3.05) is 13.2 Å². The quantitative estimate of drug-likeness (QED) is 0.584. The Morgan fingerprint density at radius 3 is 2.74 bits per heavy atom. The van der Waals surface area contributed by atoms with Crippen molar-refractivity contribution in [3.05, 3.63) is 30.0 Å². The molecule has 0 saturated heterocycles. The number of aliphatic hydroxyl groups is 1. The number of aromatic nitrogens is 1. The normalized spacial score (nSPS) is 14.1. The molecule has 27 heavy (non-hydrogen) atoms. The van der Waals surface area contributed by atoms with Crippen LogP contribution in [-0.2, 0) is 16.1 Å². The zero-order chi connectivity index (χ0) is 20.0. The van der Waals surface area contributed by atoms with Crippen LogP contribution in [0.3, 0.4) is 0 Å². The van der Waals surface area contributed by atoms with Crippen LogP contribution in [0.25, 0.3) is 10.9 Å². The molecule has 1 aromatic carbocycles. The SMILES string of the molecule is CCC(C)NCC(O)COc1cccc2[nH]c(COC(=O)C(C)(C)C)cc12. The van der Waals surface area contributed by atoms with E-state index in [4.69, 9.17) is 9.47 Å². The third-order valence-electron chi connectivity index (χ3n) is 4.40. The first kappa shape index (κ1) is 21.3. The molecule has 0 fully saturated rings. The van der Waals surface area contributed by atoms with Gasteiger partial charge in [-0.25, -0.2) is 0 Å². The summed E-state index contributed by atoms with van der Waals surface area (Å²) in [6.45, 7) is 10.6. The van der Waals surface area contributed by atoms with Crippen molar-refractivity contribution in [3.8, 4) is 5.75 Å². The number of esters is 1. The highest BCUT2D eigenvalue weighted by Gasteiger charge is 2.23. The molecular weight excluding hydrogens is 344 g/mol. The predicted octanol–water partition coefficient (Wildman–Crippen LogP) is 3.39. The highest BCUT2D eigenvalue weighted by Crippen LogP contribution is 2.27. The molecule has 0 amide bonds. The number of carbonyl (C=O) groups excluding carboxylic acids is 1. The topological polar surface area (TPSA) is 83.6 Å². The summed E-state index contributed by atoms with van der Waals surface area (Å²) in [5, 5.41) is 14.3. The van der Waals surface area contributed by atoms with E-state index < -0.39 is 11.5 Å². The van der Waals surface area contributed by atoms with E-state index in [2.05, 4.69) is 24.1 Å². The molecule has 2 atom stereocenters. The van der Waals surface area contributed by atoms with Crippen molar-refractivity contribution in [2.45, 2.75) is 59.8 Å². The fourth-order valence-electron chi connectivity index (χ4n) is 2.48. The van der Waals surface area contributed by atoms with E-state index in [1.54, 1.807) is 0 Å². The second-order valence-corrected chi connectivity index (χ2v) is 8.02. The zero-order valence-electron chi connectivity index (χ0n) is 17.0. The largest absolute Gasteiger partial charge is 0.490 e. The Labute approximate surface area is 161 Å². The first-order valence-electron chi connectivity index (χ1n) is 9.52. The molecule has 6 heteroatoms. The van der Waals surface area contributed by atoms with Crippen molar-refractivity contribution >= 4 is 16.9 Å². The Kier molecular flexibility index (Phi) is 7.27. The molecular formula is C21H32N2O4. The van der Waals surface area contributed by atoms with E-state index in [-0.39, 0.29) is 19.2 Å². The van der Waals surface area contributed by atoms with Crippen molar-refractivity contribution in [1.29, 1.82) is 0 Å². The van der Waals surface area contributed by atoms with Gasteiger partial charge in [0.2, 0.25) is 0 Å². The van der Waals surface area contributed by atoms with E-state index in [0.717, 1.165) is 23.0 Å². The van der Waals surface area contributed by atoms with Gasteiger partial charge in [-0.05, 0) is 52.3 Å². The Morgan fingerprint density at radius 1 is 1.33 bits per heavy atom. The van der Waals surface area contributed by atoms with Crippen LogP contribution in [-0.4, -0.2) is 41.4 Å². The second kappa shape index (κ2) is 9.24. The Morgan fingerprint density at radius 2 is 2.07 bits per heavy atom. The summed E-state index contributed by atoms with van der Waals surface area (Å²) < 4.78 is 11.2. The highest BCUT2D eigenvalue weighted by molar-refractivity contribution is 5.86. The van der Waals surface area contributed by atoms with E-state index in [9.17, 15) is 9.90 Å². The molecule has 2 rings (SSSR count). The number of hydrogen-bond donors (Lipinski definition) is 3. The molecule has 0 aliphatic heterocycles. The molecule has 6 nitrogen and oxygen atoms in total. The number of fused-ring (bicyclic) bond motifs is 1. The van der Waals surface area contributed by atoms with Gasteiger partial charge in [-0.1, -0.05) is 13.0 Å². The van der Waals surface area contributed by atoms with Crippen molar-refractivity contribution in [1.82, 2.24) is 10.3 Å². The van der Waals surface area contributed by atoms with Crippen LogP contribution >= 0.6 is 0 Å².